The lowest BCUT2D eigenvalue weighted by Gasteiger charge is -2.10. The molecule has 0 saturated carbocycles. The molecular formula is C20H19N3O5S. The van der Waals surface area contributed by atoms with Gasteiger partial charge in [0.2, 0.25) is 0 Å². The Morgan fingerprint density at radius 2 is 1.90 bits per heavy atom. The second-order valence-electron chi connectivity index (χ2n) is 5.84. The van der Waals surface area contributed by atoms with Gasteiger partial charge in [0.15, 0.2) is 18.1 Å². The number of aryl methyl sites for hydroxylation is 1. The maximum Gasteiger partial charge on any atom is 0.350 e. The van der Waals surface area contributed by atoms with Crippen molar-refractivity contribution in [3.05, 3.63) is 53.2 Å². The van der Waals surface area contributed by atoms with Crippen LogP contribution in [0.3, 0.4) is 0 Å². The summed E-state index contributed by atoms with van der Waals surface area (Å²) in [7, 11) is 3.03. The zero-order valence-corrected chi connectivity index (χ0v) is 16.9. The second kappa shape index (κ2) is 9.16. The van der Waals surface area contributed by atoms with Crippen molar-refractivity contribution in [1.29, 1.82) is 0 Å². The Labute approximate surface area is 171 Å². The van der Waals surface area contributed by atoms with Crippen LogP contribution in [0.1, 0.15) is 15.4 Å². The van der Waals surface area contributed by atoms with E-state index in [9.17, 15) is 9.59 Å². The predicted molar refractivity (Wildman–Crippen MR) is 109 cm³/mol. The fourth-order valence-corrected chi connectivity index (χ4v) is 3.43. The maximum absolute atomic E-state index is 12.4. The molecule has 0 bridgehead atoms. The third-order valence-corrected chi connectivity index (χ3v) is 5.03. The number of rotatable bonds is 7. The average Bonchev–Trinajstić information content (AvgIpc) is 3.14. The largest absolute Gasteiger partial charge is 0.493 e. The molecule has 0 aliphatic heterocycles. The van der Waals surface area contributed by atoms with Gasteiger partial charge in [0.25, 0.3) is 5.91 Å². The molecule has 1 aromatic carbocycles. The molecule has 0 saturated heterocycles. The van der Waals surface area contributed by atoms with Crippen molar-refractivity contribution in [2.24, 2.45) is 0 Å². The first-order chi connectivity index (χ1) is 14.0. The number of benzene rings is 1. The number of methoxy groups -OCH3 is 2. The molecule has 0 unspecified atom stereocenters. The lowest BCUT2D eigenvalue weighted by atomic mass is 10.2. The van der Waals surface area contributed by atoms with E-state index in [1.165, 1.54) is 25.6 Å². The van der Waals surface area contributed by atoms with Crippen LogP contribution in [0, 0.1) is 6.92 Å². The summed E-state index contributed by atoms with van der Waals surface area (Å²) in [4.78, 5) is 33.4. The smallest absolute Gasteiger partial charge is 0.350 e. The number of nitrogens with one attached hydrogen (secondary N) is 1. The van der Waals surface area contributed by atoms with Gasteiger partial charge in [0.05, 0.1) is 25.6 Å². The molecule has 9 heteroatoms. The first kappa shape index (κ1) is 20.3. The number of aromatic nitrogens is 2. The molecule has 2 heterocycles. The molecule has 0 aliphatic rings. The van der Waals surface area contributed by atoms with Gasteiger partial charge in [-0.1, -0.05) is 6.07 Å². The predicted octanol–water partition coefficient (Wildman–Crippen LogP) is 3.33. The Morgan fingerprint density at radius 1 is 1.10 bits per heavy atom. The SMILES string of the molecule is COc1ccc(NC(=O)COC(=O)c2sc(-c3ccccn3)nc2C)cc1OC. The van der Waals surface area contributed by atoms with E-state index in [2.05, 4.69) is 15.3 Å². The molecule has 1 N–H and O–H groups in total. The number of pyridine rings is 1. The second-order valence-corrected chi connectivity index (χ2v) is 6.84. The molecule has 0 spiro atoms. The number of carbonyl (C=O) groups is 2. The van der Waals surface area contributed by atoms with Crippen molar-refractivity contribution in [1.82, 2.24) is 9.97 Å². The Morgan fingerprint density at radius 3 is 2.59 bits per heavy atom. The molecule has 0 radical (unpaired) electrons. The highest BCUT2D eigenvalue weighted by Gasteiger charge is 2.19. The normalized spacial score (nSPS) is 10.3. The van der Waals surface area contributed by atoms with Crippen LogP contribution < -0.4 is 14.8 Å². The summed E-state index contributed by atoms with van der Waals surface area (Å²) in [5, 5.41) is 3.26. The molecule has 0 fully saturated rings. The van der Waals surface area contributed by atoms with E-state index in [0.29, 0.717) is 38.5 Å². The summed E-state index contributed by atoms with van der Waals surface area (Å²) in [6.45, 7) is 1.28. The Balaban J connectivity index is 1.61. The summed E-state index contributed by atoms with van der Waals surface area (Å²) in [6.07, 6.45) is 1.66. The minimum Gasteiger partial charge on any atom is -0.493 e. The van der Waals surface area contributed by atoms with Crippen LogP contribution >= 0.6 is 11.3 Å². The Hall–Kier alpha value is -3.46. The number of hydrogen-bond donors (Lipinski definition) is 1. The highest BCUT2D eigenvalue weighted by atomic mass is 32.1. The van der Waals surface area contributed by atoms with Crippen molar-refractivity contribution >= 4 is 28.9 Å². The topological polar surface area (TPSA) is 99.6 Å². The van der Waals surface area contributed by atoms with Gasteiger partial charge in [-0.05, 0) is 31.2 Å². The van der Waals surface area contributed by atoms with Gasteiger partial charge in [-0.3, -0.25) is 9.78 Å². The van der Waals surface area contributed by atoms with E-state index >= 15 is 0 Å². The standard InChI is InChI=1S/C20H19N3O5S/c1-12-18(29-19(22-12)14-6-4-5-9-21-14)20(25)28-11-17(24)23-13-7-8-15(26-2)16(10-13)27-3/h4-10H,11H2,1-3H3,(H,23,24). The summed E-state index contributed by atoms with van der Waals surface area (Å²) in [5.41, 5.74) is 1.70. The van der Waals surface area contributed by atoms with Gasteiger partial charge in [-0.25, -0.2) is 9.78 Å². The Kier molecular flexibility index (Phi) is 6.40. The highest BCUT2D eigenvalue weighted by Crippen LogP contribution is 2.30. The first-order valence-corrected chi connectivity index (χ1v) is 9.41. The monoisotopic (exact) mass is 413 g/mol. The van der Waals surface area contributed by atoms with Crippen LogP contribution in [0.2, 0.25) is 0 Å². The molecule has 2 aromatic heterocycles. The number of thiazole rings is 1. The molecule has 29 heavy (non-hydrogen) atoms. The number of carbonyl (C=O) groups excluding carboxylic acids is 2. The zero-order chi connectivity index (χ0) is 20.8. The van der Waals surface area contributed by atoms with Crippen LogP contribution in [0.5, 0.6) is 11.5 Å². The molecule has 3 rings (SSSR count). The van der Waals surface area contributed by atoms with Crippen molar-refractivity contribution < 1.29 is 23.8 Å². The van der Waals surface area contributed by atoms with Crippen molar-refractivity contribution in [3.63, 3.8) is 0 Å². The van der Waals surface area contributed by atoms with E-state index < -0.39 is 18.5 Å². The van der Waals surface area contributed by atoms with Gasteiger partial charge in [0, 0.05) is 18.0 Å². The van der Waals surface area contributed by atoms with Crippen LogP contribution in [-0.4, -0.2) is 42.7 Å². The molecular weight excluding hydrogens is 394 g/mol. The van der Waals surface area contributed by atoms with Crippen LogP contribution in [0.4, 0.5) is 5.69 Å². The minimum atomic E-state index is -0.607. The third-order valence-electron chi connectivity index (χ3n) is 3.87. The zero-order valence-electron chi connectivity index (χ0n) is 16.1. The van der Waals surface area contributed by atoms with E-state index in [1.807, 2.05) is 12.1 Å². The number of nitrogens with zero attached hydrogens (tertiary/aromatic N) is 2. The lowest BCUT2D eigenvalue weighted by Crippen LogP contribution is -2.20. The quantitative estimate of drug-likeness (QED) is 0.593. The molecule has 150 valence electrons. The number of hydrogen-bond acceptors (Lipinski definition) is 8. The fourth-order valence-electron chi connectivity index (χ4n) is 2.49. The third kappa shape index (κ3) is 4.88. The van der Waals surface area contributed by atoms with Gasteiger partial charge in [0.1, 0.15) is 9.88 Å². The number of anilines is 1. The first-order valence-electron chi connectivity index (χ1n) is 8.59. The van der Waals surface area contributed by atoms with E-state index in [0.717, 1.165) is 0 Å². The van der Waals surface area contributed by atoms with Crippen LogP contribution in [-0.2, 0) is 9.53 Å². The molecule has 3 aromatic rings. The molecule has 0 aliphatic carbocycles. The van der Waals surface area contributed by atoms with Crippen LogP contribution in [0.15, 0.2) is 42.6 Å². The fraction of sp³-hybridized carbons (Fsp3) is 0.200. The van der Waals surface area contributed by atoms with E-state index in [-0.39, 0.29) is 0 Å². The highest BCUT2D eigenvalue weighted by molar-refractivity contribution is 7.17. The van der Waals surface area contributed by atoms with Gasteiger partial charge in [-0.2, -0.15) is 0 Å². The molecule has 8 nitrogen and oxygen atoms in total. The van der Waals surface area contributed by atoms with E-state index in [1.54, 1.807) is 37.4 Å². The summed E-state index contributed by atoms with van der Waals surface area (Å²) >= 11 is 1.18. The summed E-state index contributed by atoms with van der Waals surface area (Å²) < 4.78 is 15.5. The Bertz CT molecular complexity index is 1020. The van der Waals surface area contributed by atoms with E-state index in [4.69, 9.17) is 14.2 Å². The van der Waals surface area contributed by atoms with Gasteiger partial charge >= 0.3 is 5.97 Å². The minimum absolute atomic E-state index is 0.338. The van der Waals surface area contributed by atoms with Crippen molar-refractivity contribution in [2.75, 3.05) is 26.1 Å². The maximum atomic E-state index is 12.4. The molecule has 0 atom stereocenters. The average molecular weight is 413 g/mol. The van der Waals surface area contributed by atoms with Gasteiger partial charge < -0.3 is 19.5 Å². The number of esters is 1. The molecule has 1 amide bonds. The van der Waals surface area contributed by atoms with Gasteiger partial charge in [-0.15, -0.1) is 11.3 Å². The number of amides is 1. The van der Waals surface area contributed by atoms with Crippen molar-refractivity contribution in [2.45, 2.75) is 6.92 Å². The lowest BCUT2D eigenvalue weighted by molar-refractivity contribution is -0.119. The van der Waals surface area contributed by atoms with Crippen LogP contribution in [0.25, 0.3) is 10.7 Å². The summed E-state index contributed by atoms with van der Waals surface area (Å²) in [6, 6.07) is 10.4. The summed E-state index contributed by atoms with van der Waals surface area (Å²) in [5.74, 6) is -0.0618. The number of ether oxygens (including phenoxy) is 3. The van der Waals surface area contributed by atoms with Crippen molar-refractivity contribution in [3.8, 4) is 22.2 Å².